The molecule has 1 aromatic heterocycles. The largest absolute Gasteiger partial charge is 0.408 e. The minimum Gasteiger partial charge on any atom is -0.370 e. The summed E-state index contributed by atoms with van der Waals surface area (Å²) in [6, 6.07) is 2.02. The molecule has 5 rings (SSSR count). The normalized spacial score (nSPS) is 29.2. The molecule has 0 N–H and O–H groups in total. The number of amides is 2. The Morgan fingerprint density at radius 1 is 1.09 bits per heavy atom. The second-order valence-electron chi connectivity index (χ2n) is 9.31. The topological polar surface area (TPSA) is 66.0 Å². The molecule has 1 aromatic rings. The van der Waals surface area contributed by atoms with Gasteiger partial charge >= 0.3 is 12.2 Å². The molecule has 0 bridgehead atoms. The fourth-order valence-electron chi connectivity index (χ4n) is 5.40. The highest BCUT2D eigenvalue weighted by Gasteiger charge is 2.46. The van der Waals surface area contributed by atoms with Crippen LogP contribution in [0, 0.1) is 5.92 Å². The number of Topliss-reactive ketones (excluding diaryl/α,β-unsaturated/α-hetero) is 1. The van der Waals surface area contributed by atoms with Crippen molar-refractivity contribution < 1.29 is 27.5 Å². The maximum Gasteiger partial charge on any atom is 0.408 e. The number of alkyl halides is 3. The molecule has 0 radical (unpaired) electrons. The Bertz CT molecular complexity index is 872. The van der Waals surface area contributed by atoms with E-state index in [2.05, 4.69) is 4.98 Å². The maximum atomic E-state index is 13.2. The number of urea groups is 1. The van der Waals surface area contributed by atoms with E-state index in [1.807, 2.05) is 0 Å². The number of pyridine rings is 1. The number of aromatic nitrogens is 1. The van der Waals surface area contributed by atoms with E-state index >= 15 is 0 Å². The number of fused-ring (bicyclic) bond motifs is 1. The molecule has 5 heterocycles. The predicted molar refractivity (Wildman–Crippen MR) is 109 cm³/mol. The van der Waals surface area contributed by atoms with Gasteiger partial charge in [-0.3, -0.25) is 9.78 Å². The molecule has 0 aromatic carbocycles. The number of anilines is 1. The number of hydrogen-bond donors (Lipinski definition) is 0. The van der Waals surface area contributed by atoms with E-state index < -0.39 is 12.2 Å². The Labute approximate surface area is 184 Å². The van der Waals surface area contributed by atoms with E-state index in [-0.39, 0.29) is 42.8 Å². The monoisotopic (exact) mass is 452 g/mol. The van der Waals surface area contributed by atoms with E-state index in [1.165, 1.54) is 11.1 Å². The van der Waals surface area contributed by atoms with Gasteiger partial charge < -0.3 is 19.4 Å². The summed E-state index contributed by atoms with van der Waals surface area (Å²) in [4.78, 5) is 33.9. The SMILES string of the molecule is O=C1CO[C@H]2CCN(C(=O)N3CC(c4ccc(N5CCCC5C(F)(F)F)cn4)C3)C[C@H]2C1. The van der Waals surface area contributed by atoms with Crippen molar-refractivity contribution in [1.82, 2.24) is 14.8 Å². The third kappa shape index (κ3) is 4.04. The Kier molecular flexibility index (Phi) is 5.51. The second kappa shape index (κ2) is 8.20. The van der Waals surface area contributed by atoms with Gasteiger partial charge in [0.25, 0.3) is 0 Å². The number of halogens is 3. The number of carbonyl (C=O) groups is 2. The highest BCUT2D eigenvalue weighted by molar-refractivity contribution is 5.81. The van der Waals surface area contributed by atoms with Crippen LogP contribution < -0.4 is 4.90 Å². The van der Waals surface area contributed by atoms with Gasteiger partial charge in [-0.25, -0.2) is 4.79 Å². The zero-order valence-electron chi connectivity index (χ0n) is 17.8. The van der Waals surface area contributed by atoms with Gasteiger partial charge in [-0.05, 0) is 31.4 Å². The molecule has 4 saturated heterocycles. The van der Waals surface area contributed by atoms with E-state index in [0.717, 1.165) is 12.1 Å². The third-order valence-corrected chi connectivity index (χ3v) is 7.19. The van der Waals surface area contributed by atoms with Gasteiger partial charge in [-0.15, -0.1) is 0 Å². The summed E-state index contributed by atoms with van der Waals surface area (Å²) in [7, 11) is 0. The number of hydrogen-bond acceptors (Lipinski definition) is 5. The van der Waals surface area contributed by atoms with Crippen LogP contribution in [-0.4, -0.2) is 84.3 Å². The highest BCUT2D eigenvalue weighted by Crippen LogP contribution is 2.36. The van der Waals surface area contributed by atoms with E-state index in [4.69, 9.17) is 4.74 Å². The highest BCUT2D eigenvalue weighted by atomic mass is 19.4. The molecule has 1 unspecified atom stereocenters. The van der Waals surface area contributed by atoms with Gasteiger partial charge in [0.15, 0.2) is 5.78 Å². The standard InChI is InChI=1S/C22H27F3N4O3/c23-22(24,25)20-2-1-6-29(20)16-3-4-18(26-9-16)15-11-28(12-15)21(31)27-7-5-19-14(10-27)8-17(30)13-32-19/h3-4,9,14-15,19-20H,1-2,5-8,10-13H2/t14-,19+,20?/m1/s1. The number of ether oxygens (including phenoxy) is 1. The van der Waals surface area contributed by atoms with Crippen molar-refractivity contribution in [3.8, 4) is 0 Å². The van der Waals surface area contributed by atoms with Crippen LogP contribution >= 0.6 is 0 Å². The van der Waals surface area contributed by atoms with Crippen LogP contribution in [0.1, 0.15) is 37.3 Å². The molecule has 0 spiro atoms. The zero-order valence-corrected chi connectivity index (χ0v) is 17.8. The van der Waals surface area contributed by atoms with Gasteiger partial charge in [-0.1, -0.05) is 0 Å². The third-order valence-electron chi connectivity index (χ3n) is 7.19. The lowest BCUT2D eigenvalue weighted by atomic mass is 9.88. The second-order valence-corrected chi connectivity index (χ2v) is 9.31. The maximum absolute atomic E-state index is 13.2. The number of piperidine rings is 1. The summed E-state index contributed by atoms with van der Waals surface area (Å²) in [5.41, 5.74) is 1.29. The van der Waals surface area contributed by atoms with E-state index in [9.17, 15) is 22.8 Å². The Morgan fingerprint density at radius 3 is 2.62 bits per heavy atom. The Balaban J connectivity index is 1.15. The van der Waals surface area contributed by atoms with Crippen LogP contribution in [0.5, 0.6) is 0 Å². The van der Waals surface area contributed by atoms with Crippen LogP contribution in [0.2, 0.25) is 0 Å². The van der Waals surface area contributed by atoms with Gasteiger partial charge in [0.2, 0.25) is 0 Å². The molecule has 0 aliphatic carbocycles. The van der Waals surface area contributed by atoms with Crippen LogP contribution in [-0.2, 0) is 9.53 Å². The first-order chi connectivity index (χ1) is 15.3. The molecule has 4 fully saturated rings. The van der Waals surface area contributed by atoms with Crippen molar-refractivity contribution in [3.63, 3.8) is 0 Å². The van der Waals surface area contributed by atoms with Crippen LogP contribution in [0.3, 0.4) is 0 Å². The first kappa shape index (κ1) is 21.5. The summed E-state index contributed by atoms with van der Waals surface area (Å²) in [5, 5.41) is 0. The van der Waals surface area contributed by atoms with Crippen molar-refractivity contribution in [1.29, 1.82) is 0 Å². The average molecular weight is 452 g/mol. The fraction of sp³-hybridized carbons (Fsp3) is 0.682. The molecule has 4 aliphatic rings. The van der Waals surface area contributed by atoms with Gasteiger partial charge in [0, 0.05) is 56.7 Å². The Hall–Kier alpha value is -2.36. The quantitative estimate of drug-likeness (QED) is 0.691. The summed E-state index contributed by atoms with van der Waals surface area (Å²) < 4.78 is 45.3. The number of likely N-dealkylation sites (tertiary alicyclic amines) is 2. The number of nitrogens with zero attached hydrogens (tertiary/aromatic N) is 4. The fourth-order valence-corrected chi connectivity index (χ4v) is 5.40. The minimum atomic E-state index is -4.24. The molecule has 7 nitrogen and oxygen atoms in total. The molecule has 2 amide bonds. The molecule has 3 atom stereocenters. The van der Waals surface area contributed by atoms with Gasteiger partial charge in [0.1, 0.15) is 12.6 Å². The number of rotatable bonds is 2. The lowest BCUT2D eigenvalue weighted by Gasteiger charge is -2.45. The molecule has 0 saturated carbocycles. The van der Waals surface area contributed by atoms with E-state index in [0.29, 0.717) is 51.3 Å². The van der Waals surface area contributed by atoms with Gasteiger partial charge in [0.05, 0.1) is 18.0 Å². The van der Waals surface area contributed by atoms with Crippen molar-refractivity contribution in [2.45, 2.75) is 49.9 Å². The smallest absolute Gasteiger partial charge is 0.370 e. The van der Waals surface area contributed by atoms with Crippen LogP contribution in [0.4, 0.5) is 23.7 Å². The summed E-state index contributed by atoms with van der Waals surface area (Å²) >= 11 is 0. The first-order valence-electron chi connectivity index (χ1n) is 11.3. The first-order valence-corrected chi connectivity index (χ1v) is 11.3. The van der Waals surface area contributed by atoms with Crippen molar-refractivity contribution in [2.24, 2.45) is 5.92 Å². The van der Waals surface area contributed by atoms with Crippen LogP contribution in [0.15, 0.2) is 18.3 Å². The zero-order chi connectivity index (χ0) is 22.5. The predicted octanol–water partition coefficient (Wildman–Crippen LogP) is 2.81. The van der Waals surface area contributed by atoms with Crippen molar-refractivity contribution in [3.05, 3.63) is 24.0 Å². The molecule has 4 aliphatic heterocycles. The molecule has 32 heavy (non-hydrogen) atoms. The molecular formula is C22H27F3N4O3. The minimum absolute atomic E-state index is 0.0283. The average Bonchev–Trinajstić information content (AvgIpc) is 3.23. The van der Waals surface area contributed by atoms with Crippen molar-refractivity contribution in [2.75, 3.05) is 44.2 Å². The Morgan fingerprint density at radius 2 is 1.91 bits per heavy atom. The molecule has 174 valence electrons. The molecule has 10 heteroatoms. The number of ketones is 1. The summed E-state index contributed by atoms with van der Waals surface area (Å²) in [6.45, 7) is 2.81. The summed E-state index contributed by atoms with van der Waals surface area (Å²) in [5.74, 6) is 0.253. The molecular weight excluding hydrogens is 425 g/mol. The lowest BCUT2D eigenvalue weighted by Crippen LogP contribution is -2.58. The van der Waals surface area contributed by atoms with Crippen LogP contribution in [0.25, 0.3) is 0 Å². The van der Waals surface area contributed by atoms with Gasteiger partial charge in [-0.2, -0.15) is 13.2 Å². The van der Waals surface area contributed by atoms with E-state index in [1.54, 1.807) is 21.9 Å². The van der Waals surface area contributed by atoms with Crippen molar-refractivity contribution >= 4 is 17.5 Å². The number of carbonyl (C=O) groups excluding carboxylic acids is 2. The lowest BCUT2D eigenvalue weighted by molar-refractivity contribution is -0.146. The summed E-state index contributed by atoms with van der Waals surface area (Å²) in [6.07, 6.45) is -0.799.